The van der Waals surface area contributed by atoms with Gasteiger partial charge in [0.1, 0.15) is 0 Å². The Labute approximate surface area is 107 Å². The van der Waals surface area contributed by atoms with Gasteiger partial charge in [-0.15, -0.1) is 0 Å². The molecule has 0 aliphatic carbocycles. The summed E-state index contributed by atoms with van der Waals surface area (Å²) in [5.74, 6) is 0. The molecule has 94 valence electrons. The number of anilines is 2. The van der Waals surface area contributed by atoms with Crippen molar-refractivity contribution in [2.45, 2.75) is 19.9 Å². The molecule has 0 radical (unpaired) electrons. The van der Waals surface area contributed by atoms with Crippen molar-refractivity contribution in [2.75, 3.05) is 17.2 Å². The smallest absolute Gasteiger partial charge is 0.0825 e. The molecule has 1 aliphatic heterocycles. The minimum atomic E-state index is 0.836. The van der Waals surface area contributed by atoms with Crippen LogP contribution in [0.15, 0.2) is 24.4 Å². The minimum absolute atomic E-state index is 0.836. The summed E-state index contributed by atoms with van der Waals surface area (Å²) in [4.78, 5) is 0. The van der Waals surface area contributed by atoms with E-state index in [0.717, 1.165) is 30.9 Å². The number of aromatic nitrogens is 2. The standard InChI is InChI=1S/C14H18N4/c1-10-13(9-18(2)17-10)16-8-12-5-3-4-11-6-7-15-14(11)12/h3-5,9,15-16H,6-8H2,1-2H3. The van der Waals surface area contributed by atoms with Gasteiger partial charge in [0, 0.05) is 32.0 Å². The van der Waals surface area contributed by atoms with Crippen LogP contribution in [0.2, 0.25) is 0 Å². The summed E-state index contributed by atoms with van der Waals surface area (Å²) < 4.78 is 1.84. The van der Waals surface area contributed by atoms with Gasteiger partial charge in [0.15, 0.2) is 0 Å². The van der Waals surface area contributed by atoms with E-state index < -0.39 is 0 Å². The number of para-hydroxylation sites is 1. The van der Waals surface area contributed by atoms with Crippen molar-refractivity contribution in [3.05, 3.63) is 41.2 Å². The van der Waals surface area contributed by atoms with Crippen LogP contribution < -0.4 is 10.6 Å². The van der Waals surface area contributed by atoms with Gasteiger partial charge in [-0.05, 0) is 24.5 Å². The van der Waals surface area contributed by atoms with Gasteiger partial charge in [-0.2, -0.15) is 5.10 Å². The number of hydrogen-bond acceptors (Lipinski definition) is 3. The average Bonchev–Trinajstić information content (AvgIpc) is 2.93. The van der Waals surface area contributed by atoms with Crippen molar-refractivity contribution in [3.63, 3.8) is 0 Å². The molecule has 4 nitrogen and oxygen atoms in total. The van der Waals surface area contributed by atoms with E-state index in [9.17, 15) is 0 Å². The van der Waals surface area contributed by atoms with Crippen molar-refractivity contribution in [3.8, 4) is 0 Å². The fourth-order valence-electron chi connectivity index (χ4n) is 2.52. The van der Waals surface area contributed by atoms with E-state index in [2.05, 4.69) is 33.9 Å². The van der Waals surface area contributed by atoms with Crippen molar-refractivity contribution >= 4 is 11.4 Å². The van der Waals surface area contributed by atoms with Crippen LogP contribution in [0.3, 0.4) is 0 Å². The molecular formula is C14H18N4. The average molecular weight is 242 g/mol. The Morgan fingerprint density at radius 2 is 2.33 bits per heavy atom. The Hall–Kier alpha value is -1.97. The molecule has 0 amide bonds. The third-order valence-electron chi connectivity index (χ3n) is 3.42. The number of rotatable bonds is 3. The molecule has 2 aromatic rings. The first kappa shape index (κ1) is 11.1. The Balaban J connectivity index is 1.78. The monoisotopic (exact) mass is 242 g/mol. The number of benzene rings is 1. The first-order valence-electron chi connectivity index (χ1n) is 6.33. The van der Waals surface area contributed by atoms with E-state index in [-0.39, 0.29) is 0 Å². The predicted octanol–water partition coefficient (Wildman–Crippen LogP) is 2.31. The Bertz CT molecular complexity index is 571. The number of aryl methyl sites for hydroxylation is 2. The lowest BCUT2D eigenvalue weighted by molar-refractivity contribution is 0.756. The van der Waals surface area contributed by atoms with E-state index in [4.69, 9.17) is 0 Å². The van der Waals surface area contributed by atoms with E-state index in [1.165, 1.54) is 16.8 Å². The highest BCUT2D eigenvalue weighted by molar-refractivity contribution is 5.62. The maximum Gasteiger partial charge on any atom is 0.0825 e. The summed E-state index contributed by atoms with van der Waals surface area (Å²) in [6.07, 6.45) is 3.15. The maximum atomic E-state index is 4.33. The van der Waals surface area contributed by atoms with Crippen LogP contribution in [-0.2, 0) is 20.0 Å². The number of fused-ring (bicyclic) bond motifs is 1. The molecule has 2 heterocycles. The molecule has 1 aromatic carbocycles. The zero-order valence-corrected chi connectivity index (χ0v) is 10.8. The highest BCUT2D eigenvalue weighted by atomic mass is 15.3. The lowest BCUT2D eigenvalue weighted by Gasteiger charge is -2.10. The first-order chi connectivity index (χ1) is 8.74. The highest BCUT2D eigenvalue weighted by Gasteiger charge is 2.13. The fraction of sp³-hybridized carbons (Fsp3) is 0.357. The second-order valence-electron chi connectivity index (χ2n) is 4.78. The Morgan fingerprint density at radius 3 is 3.11 bits per heavy atom. The Kier molecular flexibility index (Phi) is 2.70. The van der Waals surface area contributed by atoms with E-state index in [0.29, 0.717) is 0 Å². The van der Waals surface area contributed by atoms with E-state index >= 15 is 0 Å². The highest BCUT2D eigenvalue weighted by Crippen LogP contribution is 2.27. The summed E-state index contributed by atoms with van der Waals surface area (Å²) >= 11 is 0. The van der Waals surface area contributed by atoms with Crippen LogP contribution >= 0.6 is 0 Å². The van der Waals surface area contributed by atoms with Gasteiger partial charge < -0.3 is 10.6 Å². The van der Waals surface area contributed by atoms with Gasteiger partial charge in [-0.3, -0.25) is 4.68 Å². The lowest BCUT2D eigenvalue weighted by Crippen LogP contribution is -2.03. The molecule has 2 N–H and O–H groups in total. The topological polar surface area (TPSA) is 41.9 Å². The molecule has 4 heteroatoms. The second-order valence-corrected chi connectivity index (χ2v) is 4.78. The van der Waals surface area contributed by atoms with Crippen LogP contribution in [0, 0.1) is 6.92 Å². The molecule has 0 unspecified atom stereocenters. The summed E-state index contributed by atoms with van der Waals surface area (Å²) in [6.45, 7) is 3.91. The zero-order chi connectivity index (χ0) is 12.5. The fourth-order valence-corrected chi connectivity index (χ4v) is 2.52. The molecule has 0 bridgehead atoms. The van der Waals surface area contributed by atoms with E-state index in [1.54, 1.807) is 0 Å². The van der Waals surface area contributed by atoms with Crippen molar-refractivity contribution in [2.24, 2.45) is 7.05 Å². The van der Waals surface area contributed by atoms with Crippen molar-refractivity contribution in [1.82, 2.24) is 9.78 Å². The molecule has 1 aliphatic rings. The molecule has 0 spiro atoms. The molecular weight excluding hydrogens is 224 g/mol. The second kappa shape index (κ2) is 4.37. The lowest BCUT2D eigenvalue weighted by atomic mass is 10.1. The summed E-state index contributed by atoms with van der Waals surface area (Å²) in [7, 11) is 1.94. The third kappa shape index (κ3) is 1.94. The molecule has 1 aromatic heterocycles. The predicted molar refractivity (Wildman–Crippen MR) is 73.9 cm³/mol. The van der Waals surface area contributed by atoms with Gasteiger partial charge >= 0.3 is 0 Å². The summed E-state index contributed by atoms with van der Waals surface area (Å²) in [6, 6.07) is 6.52. The van der Waals surface area contributed by atoms with Gasteiger partial charge in [0.05, 0.1) is 11.4 Å². The van der Waals surface area contributed by atoms with Gasteiger partial charge in [-0.1, -0.05) is 18.2 Å². The Morgan fingerprint density at radius 1 is 1.44 bits per heavy atom. The molecule has 0 fully saturated rings. The molecule has 3 rings (SSSR count). The molecule has 0 saturated carbocycles. The van der Waals surface area contributed by atoms with Gasteiger partial charge in [-0.25, -0.2) is 0 Å². The molecule has 0 atom stereocenters. The van der Waals surface area contributed by atoms with Crippen LogP contribution in [-0.4, -0.2) is 16.3 Å². The first-order valence-corrected chi connectivity index (χ1v) is 6.33. The molecule has 18 heavy (non-hydrogen) atoms. The number of hydrogen-bond donors (Lipinski definition) is 2. The van der Waals surface area contributed by atoms with Crippen molar-refractivity contribution in [1.29, 1.82) is 0 Å². The number of nitrogens with one attached hydrogen (secondary N) is 2. The van der Waals surface area contributed by atoms with Crippen molar-refractivity contribution < 1.29 is 0 Å². The van der Waals surface area contributed by atoms with Crippen LogP contribution in [0.1, 0.15) is 16.8 Å². The summed E-state index contributed by atoms with van der Waals surface area (Å²) in [5.41, 5.74) is 6.21. The quantitative estimate of drug-likeness (QED) is 0.868. The molecule has 0 saturated heterocycles. The maximum absolute atomic E-state index is 4.33. The minimum Gasteiger partial charge on any atom is -0.384 e. The zero-order valence-electron chi connectivity index (χ0n) is 10.8. The largest absolute Gasteiger partial charge is 0.384 e. The normalized spacial score (nSPS) is 13.2. The van der Waals surface area contributed by atoms with Gasteiger partial charge in [0.2, 0.25) is 0 Å². The van der Waals surface area contributed by atoms with Crippen LogP contribution in [0.5, 0.6) is 0 Å². The third-order valence-corrected chi connectivity index (χ3v) is 3.42. The van der Waals surface area contributed by atoms with Gasteiger partial charge in [0.25, 0.3) is 0 Å². The number of nitrogens with zero attached hydrogens (tertiary/aromatic N) is 2. The van der Waals surface area contributed by atoms with E-state index in [1.807, 2.05) is 24.9 Å². The van der Waals surface area contributed by atoms with Crippen LogP contribution in [0.4, 0.5) is 11.4 Å². The van der Waals surface area contributed by atoms with Crippen LogP contribution in [0.25, 0.3) is 0 Å². The SMILES string of the molecule is Cc1nn(C)cc1NCc1cccc2c1NCC2. The summed E-state index contributed by atoms with van der Waals surface area (Å²) in [5, 5.41) is 11.3.